The lowest BCUT2D eigenvalue weighted by Crippen LogP contribution is -2.08. The Hall–Kier alpha value is -1.83. The fourth-order valence-corrected chi connectivity index (χ4v) is 2.28. The molecule has 2 aromatic rings. The predicted molar refractivity (Wildman–Crippen MR) is 70.7 cm³/mol. The summed E-state index contributed by atoms with van der Waals surface area (Å²) in [6, 6.07) is 14.5. The number of nitrogens with two attached hydrogens (primary N) is 1. The van der Waals surface area contributed by atoms with Crippen LogP contribution in [0.2, 0.25) is 0 Å². The van der Waals surface area contributed by atoms with Gasteiger partial charge in [0.2, 0.25) is 0 Å². The molecule has 1 aliphatic rings. The van der Waals surface area contributed by atoms with Crippen LogP contribution in [-0.2, 0) is 0 Å². The van der Waals surface area contributed by atoms with Gasteiger partial charge in [-0.15, -0.1) is 0 Å². The molecular weight excluding hydrogens is 208 g/mol. The van der Waals surface area contributed by atoms with Gasteiger partial charge in [0, 0.05) is 5.56 Å². The highest BCUT2D eigenvalue weighted by molar-refractivity contribution is 5.61. The van der Waals surface area contributed by atoms with E-state index in [1.165, 1.54) is 24.8 Å². The zero-order chi connectivity index (χ0) is 11.7. The van der Waals surface area contributed by atoms with Crippen LogP contribution in [0.25, 0.3) is 11.3 Å². The first-order valence-corrected chi connectivity index (χ1v) is 6.16. The quantitative estimate of drug-likeness (QED) is 0.846. The molecule has 3 rings (SSSR count). The van der Waals surface area contributed by atoms with E-state index < -0.39 is 0 Å². The van der Waals surface area contributed by atoms with Crippen LogP contribution in [0, 0.1) is 0 Å². The third-order valence-corrected chi connectivity index (χ3v) is 3.55. The van der Waals surface area contributed by atoms with Gasteiger partial charge in [0.1, 0.15) is 5.82 Å². The molecule has 0 aliphatic heterocycles. The standard InChI is InChI=1S/C15H16N2/c16-15-6-2-5-14(17-15)13-9-7-12(8-10-13)11-3-1-4-11/h2,5-11H,1,3-4H2,(H2,16,17). The van der Waals surface area contributed by atoms with Gasteiger partial charge >= 0.3 is 0 Å². The summed E-state index contributed by atoms with van der Waals surface area (Å²) in [5, 5.41) is 0. The Balaban J connectivity index is 1.88. The van der Waals surface area contributed by atoms with Crippen molar-refractivity contribution in [3.05, 3.63) is 48.0 Å². The van der Waals surface area contributed by atoms with E-state index in [1.807, 2.05) is 18.2 Å². The molecule has 1 aromatic carbocycles. The third kappa shape index (κ3) is 2.03. The Morgan fingerprint density at radius 2 is 1.76 bits per heavy atom. The maximum Gasteiger partial charge on any atom is 0.124 e. The van der Waals surface area contributed by atoms with Crippen molar-refractivity contribution in [1.82, 2.24) is 4.98 Å². The lowest BCUT2D eigenvalue weighted by atomic mass is 9.80. The number of hydrogen-bond donors (Lipinski definition) is 1. The smallest absolute Gasteiger partial charge is 0.124 e. The molecule has 1 fully saturated rings. The SMILES string of the molecule is Nc1cccc(-c2ccc(C3CCC3)cc2)n1. The minimum Gasteiger partial charge on any atom is -0.384 e. The van der Waals surface area contributed by atoms with Gasteiger partial charge in [-0.25, -0.2) is 4.98 Å². The van der Waals surface area contributed by atoms with Crippen LogP contribution < -0.4 is 5.73 Å². The van der Waals surface area contributed by atoms with Crippen molar-refractivity contribution in [2.45, 2.75) is 25.2 Å². The topological polar surface area (TPSA) is 38.9 Å². The summed E-state index contributed by atoms with van der Waals surface area (Å²) in [6.07, 6.45) is 4.06. The first-order chi connectivity index (χ1) is 8.33. The van der Waals surface area contributed by atoms with Gasteiger partial charge in [-0.1, -0.05) is 36.8 Å². The molecule has 0 radical (unpaired) electrons. The van der Waals surface area contributed by atoms with Gasteiger partial charge in [0.15, 0.2) is 0 Å². The van der Waals surface area contributed by atoms with Crippen molar-refractivity contribution in [1.29, 1.82) is 0 Å². The maximum atomic E-state index is 5.69. The van der Waals surface area contributed by atoms with Gasteiger partial charge in [-0.3, -0.25) is 0 Å². The molecule has 2 nitrogen and oxygen atoms in total. The maximum absolute atomic E-state index is 5.69. The molecule has 0 spiro atoms. The number of aromatic nitrogens is 1. The predicted octanol–water partition coefficient (Wildman–Crippen LogP) is 3.60. The minimum atomic E-state index is 0.575. The van der Waals surface area contributed by atoms with Crippen molar-refractivity contribution in [2.75, 3.05) is 5.73 Å². The number of benzene rings is 1. The van der Waals surface area contributed by atoms with Crippen LogP contribution in [0.3, 0.4) is 0 Å². The normalized spacial score (nSPS) is 15.5. The summed E-state index contributed by atoms with van der Waals surface area (Å²) in [7, 11) is 0. The number of nitrogens with zero attached hydrogens (tertiary/aromatic N) is 1. The highest BCUT2D eigenvalue weighted by Gasteiger charge is 2.18. The molecular formula is C15H16N2. The summed E-state index contributed by atoms with van der Waals surface area (Å²) in [5.74, 6) is 1.36. The molecule has 17 heavy (non-hydrogen) atoms. The van der Waals surface area contributed by atoms with Gasteiger partial charge in [0.25, 0.3) is 0 Å². The molecule has 0 atom stereocenters. The first-order valence-electron chi connectivity index (χ1n) is 6.16. The fourth-order valence-electron chi connectivity index (χ4n) is 2.28. The van der Waals surface area contributed by atoms with Crippen LogP contribution in [0.4, 0.5) is 5.82 Å². The van der Waals surface area contributed by atoms with Crippen molar-refractivity contribution in [3.8, 4) is 11.3 Å². The first kappa shape index (κ1) is 10.3. The molecule has 1 saturated carbocycles. The van der Waals surface area contributed by atoms with E-state index in [-0.39, 0.29) is 0 Å². The molecule has 0 saturated heterocycles. The zero-order valence-electron chi connectivity index (χ0n) is 9.76. The van der Waals surface area contributed by atoms with Crippen LogP contribution in [0.15, 0.2) is 42.5 Å². The molecule has 2 heteroatoms. The van der Waals surface area contributed by atoms with E-state index in [2.05, 4.69) is 29.2 Å². The monoisotopic (exact) mass is 224 g/mol. The number of anilines is 1. The van der Waals surface area contributed by atoms with E-state index in [4.69, 9.17) is 5.73 Å². The Morgan fingerprint density at radius 3 is 2.35 bits per heavy atom. The Morgan fingerprint density at radius 1 is 1.00 bits per heavy atom. The number of hydrogen-bond acceptors (Lipinski definition) is 2. The van der Waals surface area contributed by atoms with E-state index in [0.29, 0.717) is 5.82 Å². The van der Waals surface area contributed by atoms with E-state index >= 15 is 0 Å². The zero-order valence-corrected chi connectivity index (χ0v) is 9.76. The molecule has 0 unspecified atom stereocenters. The lowest BCUT2D eigenvalue weighted by molar-refractivity contribution is 0.420. The molecule has 0 amide bonds. The average Bonchev–Trinajstić information content (AvgIpc) is 2.28. The Bertz CT molecular complexity index is 513. The molecule has 1 aliphatic carbocycles. The Labute approximate surface area is 102 Å². The second kappa shape index (κ2) is 4.21. The van der Waals surface area contributed by atoms with Crippen molar-refractivity contribution >= 4 is 5.82 Å². The van der Waals surface area contributed by atoms with E-state index in [0.717, 1.165) is 17.2 Å². The average molecular weight is 224 g/mol. The molecule has 1 aromatic heterocycles. The van der Waals surface area contributed by atoms with Gasteiger partial charge in [-0.2, -0.15) is 0 Å². The summed E-state index contributed by atoms with van der Waals surface area (Å²) in [6.45, 7) is 0. The summed E-state index contributed by atoms with van der Waals surface area (Å²) in [5.41, 5.74) is 9.24. The van der Waals surface area contributed by atoms with Crippen LogP contribution in [-0.4, -0.2) is 4.98 Å². The fraction of sp³-hybridized carbons (Fsp3) is 0.267. The van der Waals surface area contributed by atoms with Crippen molar-refractivity contribution < 1.29 is 0 Å². The summed E-state index contributed by atoms with van der Waals surface area (Å²) >= 11 is 0. The highest BCUT2D eigenvalue weighted by atomic mass is 14.8. The van der Waals surface area contributed by atoms with Crippen LogP contribution in [0.5, 0.6) is 0 Å². The second-order valence-electron chi connectivity index (χ2n) is 4.70. The highest BCUT2D eigenvalue weighted by Crippen LogP contribution is 2.36. The molecule has 86 valence electrons. The summed E-state index contributed by atoms with van der Waals surface area (Å²) in [4.78, 5) is 4.33. The van der Waals surface area contributed by atoms with Crippen LogP contribution >= 0.6 is 0 Å². The number of pyridine rings is 1. The number of nitrogen functional groups attached to an aromatic ring is 1. The summed E-state index contributed by atoms with van der Waals surface area (Å²) < 4.78 is 0. The molecule has 2 N–H and O–H groups in total. The minimum absolute atomic E-state index is 0.575. The van der Waals surface area contributed by atoms with Crippen molar-refractivity contribution in [2.24, 2.45) is 0 Å². The second-order valence-corrected chi connectivity index (χ2v) is 4.70. The van der Waals surface area contributed by atoms with E-state index in [9.17, 15) is 0 Å². The van der Waals surface area contributed by atoms with Gasteiger partial charge in [0.05, 0.1) is 5.69 Å². The van der Waals surface area contributed by atoms with Crippen LogP contribution in [0.1, 0.15) is 30.7 Å². The third-order valence-electron chi connectivity index (χ3n) is 3.55. The Kier molecular flexibility index (Phi) is 2.56. The van der Waals surface area contributed by atoms with Crippen molar-refractivity contribution in [3.63, 3.8) is 0 Å². The lowest BCUT2D eigenvalue weighted by Gasteiger charge is -2.25. The van der Waals surface area contributed by atoms with Gasteiger partial charge < -0.3 is 5.73 Å². The largest absolute Gasteiger partial charge is 0.384 e. The van der Waals surface area contributed by atoms with Gasteiger partial charge in [-0.05, 0) is 36.5 Å². The molecule has 0 bridgehead atoms. The number of rotatable bonds is 2. The van der Waals surface area contributed by atoms with E-state index in [1.54, 1.807) is 0 Å². The molecule has 1 heterocycles.